The number of hydrogen-bond acceptors (Lipinski definition) is 4. The molecule has 1 fully saturated rings. The first-order chi connectivity index (χ1) is 13.8. The summed E-state index contributed by atoms with van der Waals surface area (Å²) in [5, 5.41) is 4.16. The molecule has 0 radical (unpaired) electrons. The van der Waals surface area contributed by atoms with E-state index in [1.165, 1.54) is 0 Å². The zero-order valence-electron chi connectivity index (χ0n) is 15.7. The third-order valence-electron chi connectivity index (χ3n) is 4.96. The summed E-state index contributed by atoms with van der Waals surface area (Å²) in [5.41, 5.74) is 2.87. The van der Waals surface area contributed by atoms with Crippen molar-refractivity contribution in [3.8, 4) is 0 Å². The van der Waals surface area contributed by atoms with Crippen LogP contribution in [0.4, 0.5) is 0 Å². The Morgan fingerprint density at radius 2 is 2.04 bits per heavy atom. The number of aromatic amines is 1. The molecule has 0 saturated carbocycles. The largest absolute Gasteiger partial charge is 0.379 e. The van der Waals surface area contributed by atoms with Crippen LogP contribution in [0.1, 0.15) is 17.2 Å². The van der Waals surface area contributed by atoms with Crippen molar-refractivity contribution in [2.24, 2.45) is 0 Å². The number of ether oxygens (including phenoxy) is 1. The number of amides is 1. The molecule has 1 aliphatic rings. The van der Waals surface area contributed by atoms with E-state index in [1.807, 2.05) is 42.6 Å². The van der Waals surface area contributed by atoms with E-state index in [2.05, 4.69) is 32.3 Å². The van der Waals surface area contributed by atoms with Crippen LogP contribution < -0.4 is 5.32 Å². The van der Waals surface area contributed by atoms with E-state index in [-0.39, 0.29) is 11.9 Å². The van der Waals surface area contributed by atoms with Gasteiger partial charge in [-0.2, -0.15) is 0 Å². The van der Waals surface area contributed by atoms with Crippen molar-refractivity contribution in [2.75, 3.05) is 32.8 Å². The fourth-order valence-electron chi connectivity index (χ4n) is 3.46. The molecule has 1 aliphatic heterocycles. The van der Waals surface area contributed by atoms with Crippen molar-refractivity contribution in [1.82, 2.24) is 20.2 Å². The second-order valence-electron chi connectivity index (χ2n) is 6.86. The van der Waals surface area contributed by atoms with Crippen molar-refractivity contribution in [3.05, 3.63) is 72.1 Å². The topological polar surface area (TPSA) is 70.2 Å². The van der Waals surface area contributed by atoms with Gasteiger partial charge in [-0.15, -0.1) is 0 Å². The average molecular weight is 376 g/mol. The Bertz CT molecular complexity index is 945. The fraction of sp³-hybridized carbons (Fsp3) is 0.273. The molecule has 0 aliphatic carbocycles. The Kier molecular flexibility index (Phi) is 5.80. The van der Waals surface area contributed by atoms with Crippen LogP contribution in [-0.4, -0.2) is 53.6 Å². The highest BCUT2D eigenvalue weighted by Gasteiger charge is 2.19. The predicted octanol–water partition coefficient (Wildman–Crippen LogP) is 2.77. The Morgan fingerprint density at radius 3 is 2.86 bits per heavy atom. The summed E-state index contributed by atoms with van der Waals surface area (Å²) in [4.78, 5) is 22.4. The molecule has 3 aromatic rings. The molecule has 6 heteroatoms. The Balaban J connectivity index is 1.46. The Labute approximate surface area is 164 Å². The number of aromatic nitrogens is 2. The van der Waals surface area contributed by atoms with Crippen LogP contribution in [0.5, 0.6) is 0 Å². The number of pyridine rings is 1. The monoisotopic (exact) mass is 376 g/mol. The molecule has 0 unspecified atom stereocenters. The first-order valence-corrected chi connectivity index (χ1v) is 9.55. The van der Waals surface area contributed by atoms with Gasteiger partial charge in [0.15, 0.2) is 0 Å². The molecular weight excluding hydrogens is 352 g/mol. The van der Waals surface area contributed by atoms with E-state index in [1.54, 1.807) is 12.3 Å². The smallest absolute Gasteiger partial charge is 0.244 e. The van der Waals surface area contributed by atoms with Crippen LogP contribution in [0.2, 0.25) is 0 Å². The van der Waals surface area contributed by atoms with Gasteiger partial charge in [0.05, 0.1) is 19.3 Å². The quantitative estimate of drug-likeness (QED) is 0.649. The lowest BCUT2D eigenvalue weighted by Gasteiger charge is -2.31. The maximum absolute atomic E-state index is 12.6. The number of benzene rings is 1. The summed E-state index contributed by atoms with van der Waals surface area (Å²) in [5.74, 6) is -0.111. The molecule has 3 heterocycles. The molecule has 0 spiro atoms. The molecule has 144 valence electrons. The molecule has 28 heavy (non-hydrogen) atoms. The minimum absolute atomic E-state index is 0.0684. The lowest BCUT2D eigenvalue weighted by Crippen LogP contribution is -2.42. The minimum atomic E-state index is -0.111. The predicted molar refractivity (Wildman–Crippen MR) is 110 cm³/mol. The first kappa shape index (κ1) is 18.4. The summed E-state index contributed by atoms with van der Waals surface area (Å²) in [6.45, 7) is 4.02. The number of carbonyl (C=O) groups is 1. The van der Waals surface area contributed by atoms with Crippen molar-refractivity contribution in [3.63, 3.8) is 0 Å². The highest BCUT2D eigenvalue weighted by molar-refractivity contribution is 5.95. The van der Waals surface area contributed by atoms with Crippen molar-refractivity contribution >= 4 is 23.0 Å². The van der Waals surface area contributed by atoms with Gasteiger partial charge in [0.25, 0.3) is 0 Å². The van der Waals surface area contributed by atoms with E-state index < -0.39 is 0 Å². The van der Waals surface area contributed by atoms with Gasteiger partial charge in [-0.25, -0.2) is 4.98 Å². The highest BCUT2D eigenvalue weighted by Crippen LogP contribution is 2.18. The molecule has 0 bridgehead atoms. The zero-order chi connectivity index (χ0) is 19.2. The number of rotatable bonds is 6. The number of hydrogen-bond donors (Lipinski definition) is 2. The Morgan fingerprint density at radius 1 is 1.21 bits per heavy atom. The normalized spacial score (nSPS) is 16.4. The van der Waals surface area contributed by atoms with E-state index in [4.69, 9.17) is 4.74 Å². The van der Waals surface area contributed by atoms with Crippen LogP contribution in [0.15, 0.2) is 60.9 Å². The Hall–Kier alpha value is -2.96. The minimum Gasteiger partial charge on any atom is -0.379 e. The first-order valence-electron chi connectivity index (χ1n) is 9.55. The summed E-state index contributed by atoms with van der Waals surface area (Å²) < 4.78 is 5.43. The van der Waals surface area contributed by atoms with Gasteiger partial charge < -0.3 is 15.0 Å². The maximum atomic E-state index is 12.6. The van der Waals surface area contributed by atoms with E-state index >= 15 is 0 Å². The summed E-state index contributed by atoms with van der Waals surface area (Å²) in [7, 11) is 0. The van der Waals surface area contributed by atoms with Gasteiger partial charge in [0.2, 0.25) is 5.91 Å². The van der Waals surface area contributed by atoms with Gasteiger partial charge in [0.1, 0.15) is 5.65 Å². The number of fused-ring (bicyclic) bond motifs is 1. The third-order valence-corrected chi connectivity index (χ3v) is 4.96. The average Bonchev–Trinajstić information content (AvgIpc) is 3.16. The van der Waals surface area contributed by atoms with Crippen LogP contribution in [0.25, 0.3) is 17.1 Å². The molecule has 6 nitrogen and oxygen atoms in total. The molecule has 1 aromatic carbocycles. The molecule has 1 saturated heterocycles. The van der Waals surface area contributed by atoms with Crippen molar-refractivity contribution in [1.29, 1.82) is 0 Å². The van der Waals surface area contributed by atoms with Gasteiger partial charge >= 0.3 is 0 Å². The van der Waals surface area contributed by atoms with Crippen LogP contribution in [0, 0.1) is 0 Å². The lowest BCUT2D eigenvalue weighted by molar-refractivity contribution is -0.117. The van der Waals surface area contributed by atoms with Gasteiger partial charge in [0, 0.05) is 49.1 Å². The van der Waals surface area contributed by atoms with Crippen molar-refractivity contribution in [2.45, 2.75) is 6.04 Å². The van der Waals surface area contributed by atoms with Gasteiger partial charge in [-0.05, 0) is 23.8 Å². The molecule has 1 atom stereocenters. The van der Waals surface area contributed by atoms with Gasteiger partial charge in [-0.1, -0.05) is 30.3 Å². The second-order valence-corrected chi connectivity index (χ2v) is 6.86. The fourth-order valence-corrected chi connectivity index (χ4v) is 3.46. The summed E-state index contributed by atoms with van der Waals surface area (Å²) in [6.07, 6.45) is 7.02. The van der Waals surface area contributed by atoms with Crippen molar-refractivity contribution < 1.29 is 9.53 Å². The summed E-state index contributed by atoms with van der Waals surface area (Å²) in [6, 6.07) is 13.9. The van der Waals surface area contributed by atoms with Crippen LogP contribution >= 0.6 is 0 Å². The van der Waals surface area contributed by atoms with E-state index in [0.29, 0.717) is 0 Å². The van der Waals surface area contributed by atoms with E-state index in [9.17, 15) is 4.79 Å². The number of carbonyl (C=O) groups excluding carboxylic acids is 1. The molecular formula is C22H24N4O2. The molecule has 2 aromatic heterocycles. The van der Waals surface area contributed by atoms with Crippen LogP contribution in [-0.2, 0) is 9.53 Å². The molecule has 1 amide bonds. The number of H-pyrrole nitrogens is 1. The standard InChI is InChI=1S/C22H24N4O2/c27-21(9-8-18-15-24-22-19(18)7-4-10-23-22)25-20(17-5-2-1-3-6-17)16-26-11-13-28-14-12-26/h1-10,15,20H,11-14,16H2,(H,23,24)(H,25,27)/t20-/m1/s1. The SMILES string of the molecule is O=C(C=Cc1c[nH]c2ncccc12)N[C@H](CN1CCOCC1)c1ccccc1. The highest BCUT2D eigenvalue weighted by atomic mass is 16.5. The number of morpholine rings is 1. The lowest BCUT2D eigenvalue weighted by atomic mass is 10.1. The molecule has 4 rings (SSSR count). The third kappa shape index (κ3) is 4.47. The zero-order valence-corrected chi connectivity index (χ0v) is 15.7. The molecule has 2 N–H and O–H groups in total. The second kappa shape index (κ2) is 8.82. The number of nitrogens with one attached hydrogen (secondary N) is 2. The van der Waals surface area contributed by atoms with E-state index in [0.717, 1.165) is 55.0 Å². The maximum Gasteiger partial charge on any atom is 0.244 e. The van der Waals surface area contributed by atoms with Crippen LogP contribution in [0.3, 0.4) is 0 Å². The summed E-state index contributed by atoms with van der Waals surface area (Å²) >= 11 is 0. The van der Waals surface area contributed by atoms with Gasteiger partial charge in [-0.3, -0.25) is 9.69 Å². The number of nitrogens with zero attached hydrogens (tertiary/aromatic N) is 2.